The van der Waals surface area contributed by atoms with Gasteiger partial charge in [0.15, 0.2) is 5.65 Å². The van der Waals surface area contributed by atoms with Gasteiger partial charge in [-0.3, -0.25) is 4.90 Å². The van der Waals surface area contributed by atoms with Gasteiger partial charge in [-0.1, -0.05) is 0 Å². The lowest BCUT2D eigenvalue weighted by Crippen LogP contribution is -2.59. The fraction of sp³-hybridized carbons (Fsp3) is 0.684. The van der Waals surface area contributed by atoms with Gasteiger partial charge in [0.25, 0.3) is 0 Å². The minimum absolute atomic E-state index is 0.151. The van der Waals surface area contributed by atoms with E-state index in [-0.39, 0.29) is 11.2 Å². The molecule has 1 spiro atoms. The minimum atomic E-state index is -0.161. The molecule has 6 heteroatoms. The molecule has 0 aromatic carbocycles. The zero-order valence-electron chi connectivity index (χ0n) is 15.7. The molecule has 2 aromatic heterocycles. The first kappa shape index (κ1) is 16.9. The average Bonchev–Trinajstić information content (AvgIpc) is 3.11. The van der Waals surface area contributed by atoms with E-state index in [9.17, 15) is 0 Å². The molecule has 2 aliphatic rings. The topological polar surface area (TPSA) is 52.4 Å². The first-order valence-electron chi connectivity index (χ1n) is 9.18. The van der Waals surface area contributed by atoms with Crippen molar-refractivity contribution < 1.29 is 9.47 Å². The van der Waals surface area contributed by atoms with Crippen molar-refractivity contribution in [3.05, 3.63) is 24.0 Å². The number of pyridine rings is 1. The van der Waals surface area contributed by atoms with Crippen LogP contribution < -0.4 is 0 Å². The molecule has 2 saturated heterocycles. The normalized spacial score (nSPS) is 26.9. The zero-order chi connectivity index (χ0) is 17.7. The molecule has 136 valence electrons. The molecule has 1 atom stereocenters. The maximum absolute atomic E-state index is 6.39. The van der Waals surface area contributed by atoms with E-state index < -0.39 is 0 Å². The van der Waals surface area contributed by atoms with Crippen molar-refractivity contribution in [2.45, 2.75) is 57.9 Å². The van der Waals surface area contributed by atoms with E-state index in [2.05, 4.69) is 48.7 Å². The van der Waals surface area contributed by atoms with Crippen LogP contribution in [0.3, 0.4) is 0 Å². The summed E-state index contributed by atoms with van der Waals surface area (Å²) in [6.07, 6.45) is 4.88. The van der Waals surface area contributed by atoms with Crippen LogP contribution in [0.25, 0.3) is 11.0 Å². The van der Waals surface area contributed by atoms with Crippen molar-refractivity contribution in [1.29, 1.82) is 0 Å². The smallest absolute Gasteiger partial charge is 0.157 e. The summed E-state index contributed by atoms with van der Waals surface area (Å²) in [6, 6.07) is 2.53. The van der Waals surface area contributed by atoms with Gasteiger partial charge in [-0.2, -0.15) is 5.10 Å². The van der Waals surface area contributed by atoms with Gasteiger partial charge in [-0.05, 0) is 39.3 Å². The zero-order valence-corrected chi connectivity index (χ0v) is 15.7. The van der Waals surface area contributed by atoms with Gasteiger partial charge in [0.2, 0.25) is 0 Å². The number of hydrogen-bond donors (Lipinski definition) is 0. The summed E-state index contributed by atoms with van der Waals surface area (Å²) in [5.41, 5.74) is 1.87. The monoisotopic (exact) mass is 344 g/mol. The molecule has 4 heterocycles. The van der Waals surface area contributed by atoms with Crippen molar-refractivity contribution in [3.63, 3.8) is 0 Å². The number of nitrogens with zero attached hydrogens (tertiary/aromatic N) is 4. The number of ether oxygens (including phenoxy) is 2. The molecule has 0 radical (unpaired) electrons. The van der Waals surface area contributed by atoms with Gasteiger partial charge in [0.05, 0.1) is 18.4 Å². The van der Waals surface area contributed by atoms with Crippen LogP contribution in [0, 0.1) is 0 Å². The standard InChI is InChI=1S/C19H28N4O2/c1-14(2)23-17-16(9-21-23)7-15(8-20-17)10-22-11-18(3,4)25-19(12-22)5-6-24-13-19/h7-9,14H,5-6,10-13H2,1-4H3. The lowest BCUT2D eigenvalue weighted by molar-refractivity contribution is -0.196. The van der Waals surface area contributed by atoms with E-state index in [0.717, 1.165) is 43.7 Å². The second-order valence-corrected chi connectivity index (χ2v) is 8.43. The molecule has 2 aromatic rings. The SMILES string of the molecule is CC(C)n1ncc2cc(CN3CC(C)(C)OC4(CCOC4)C3)cnc21. The number of hydrogen-bond acceptors (Lipinski definition) is 5. The van der Waals surface area contributed by atoms with E-state index in [4.69, 9.17) is 9.47 Å². The first-order valence-corrected chi connectivity index (χ1v) is 9.18. The van der Waals surface area contributed by atoms with Crippen molar-refractivity contribution >= 4 is 11.0 Å². The molecule has 25 heavy (non-hydrogen) atoms. The Labute approximate surface area is 149 Å². The Morgan fingerprint density at radius 2 is 2.08 bits per heavy atom. The van der Waals surface area contributed by atoms with Crippen molar-refractivity contribution in [3.8, 4) is 0 Å². The second-order valence-electron chi connectivity index (χ2n) is 8.43. The van der Waals surface area contributed by atoms with Crippen LogP contribution in [-0.4, -0.2) is 57.2 Å². The quantitative estimate of drug-likeness (QED) is 0.857. The lowest BCUT2D eigenvalue weighted by atomic mass is 9.94. The number of aromatic nitrogens is 3. The minimum Gasteiger partial charge on any atom is -0.378 e. The fourth-order valence-electron chi connectivity index (χ4n) is 4.27. The van der Waals surface area contributed by atoms with Gasteiger partial charge >= 0.3 is 0 Å². The van der Waals surface area contributed by atoms with Crippen LogP contribution in [0.1, 0.15) is 45.7 Å². The summed E-state index contributed by atoms with van der Waals surface area (Å²) in [5.74, 6) is 0. The summed E-state index contributed by atoms with van der Waals surface area (Å²) in [5, 5.41) is 5.58. The first-order chi connectivity index (χ1) is 11.9. The molecular formula is C19H28N4O2. The summed E-state index contributed by atoms with van der Waals surface area (Å²) >= 11 is 0. The number of morpholine rings is 1. The van der Waals surface area contributed by atoms with Crippen LogP contribution in [0.5, 0.6) is 0 Å². The van der Waals surface area contributed by atoms with Crippen molar-refractivity contribution in [2.75, 3.05) is 26.3 Å². The predicted molar refractivity (Wildman–Crippen MR) is 96.5 cm³/mol. The Balaban J connectivity index is 1.55. The van der Waals surface area contributed by atoms with Gasteiger partial charge in [-0.25, -0.2) is 9.67 Å². The molecule has 2 fully saturated rings. The highest BCUT2D eigenvalue weighted by atomic mass is 16.6. The van der Waals surface area contributed by atoms with E-state index in [1.54, 1.807) is 0 Å². The molecule has 1 unspecified atom stereocenters. The summed E-state index contributed by atoms with van der Waals surface area (Å²) in [4.78, 5) is 7.15. The molecule has 6 nitrogen and oxygen atoms in total. The van der Waals surface area contributed by atoms with Crippen LogP contribution in [-0.2, 0) is 16.0 Å². The molecule has 0 N–H and O–H groups in total. The molecule has 4 rings (SSSR count). The second kappa shape index (κ2) is 6.04. The number of fused-ring (bicyclic) bond motifs is 1. The largest absolute Gasteiger partial charge is 0.378 e. The molecule has 0 bridgehead atoms. The van der Waals surface area contributed by atoms with Crippen molar-refractivity contribution in [2.24, 2.45) is 0 Å². The third-order valence-corrected chi connectivity index (χ3v) is 5.06. The van der Waals surface area contributed by atoms with Gasteiger partial charge in [-0.15, -0.1) is 0 Å². The third kappa shape index (κ3) is 3.30. The molecule has 2 aliphatic heterocycles. The average molecular weight is 344 g/mol. The molecule has 0 aliphatic carbocycles. The van der Waals surface area contributed by atoms with Crippen LogP contribution >= 0.6 is 0 Å². The Morgan fingerprint density at radius 1 is 1.24 bits per heavy atom. The Morgan fingerprint density at radius 3 is 2.80 bits per heavy atom. The molecule has 0 amide bonds. The maximum Gasteiger partial charge on any atom is 0.157 e. The number of rotatable bonds is 3. The highest BCUT2D eigenvalue weighted by Crippen LogP contribution is 2.35. The highest BCUT2D eigenvalue weighted by molar-refractivity contribution is 5.75. The van der Waals surface area contributed by atoms with Gasteiger partial charge in [0, 0.05) is 50.3 Å². The lowest BCUT2D eigenvalue weighted by Gasteiger charge is -2.48. The Hall–Kier alpha value is -1.50. The van der Waals surface area contributed by atoms with Crippen LogP contribution in [0.4, 0.5) is 0 Å². The van der Waals surface area contributed by atoms with Gasteiger partial charge < -0.3 is 9.47 Å². The van der Waals surface area contributed by atoms with E-state index in [0.29, 0.717) is 12.6 Å². The summed E-state index contributed by atoms with van der Waals surface area (Å²) in [7, 11) is 0. The van der Waals surface area contributed by atoms with E-state index >= 15 is 0 Å². The molecular weight excluding hydrogens is 316 g/mol. The maximum atomic E-state index is 6.39. The third-order valence-electron chi connectivity index (χ3n) is 5.06. The van der Waals surface area contributed by atoms with E-state index in [1.807, 2.05) is 17.1 Å². The molecule has 0 saturated carbocycles. The van der Waals surface area contributed by atoms with Crippen molar-refractivity contribution in [1.82, 2.24) is 19.7 Å². The van der Waals surface area contributed by atoms with Crippen LogP contribution in [0.15, 0.2) is 18.5 Å². The van der Waals surface area contributed by atoms with Gasteiger partial charge in [0.1, 0.15) is 5.60 Å². The highest BCUT2D eigenvalue weighted by Gasteiger charge is 2.46. The predicted octanol–water partition coefficient (Wildman–Crippen LogP) is 2.78. The summed E-state index contributed by atoms with van der Waals surface area (Å²) in [6.45, 7) is 12.8. The Kier molecular flexibility index (Phi) is 4.09. The van der Waals surface area contributed by atoms with E-state index in [1.165, 1.54) is 5.56 Å². The van der Waals surface area contributed by atoms with Crippen LogP contribution in [0.2, 0.25) is 0 Å². The Bertz CT molecular complexity index is 762. The fourth-order valence-corrected chi connectivity index (χ4v) is 4.27. The summed E-state index contributed by atoms with van der Waals surface area (Å²) < 4.78 is 14.0.